The molecule has 1 aliphatic heterocycles. The summed E-state index contributed by atoms with van der Waals surface area (Å²) in [7, 11) is 1.55. The Morgan fingerprint density at radius 2 is 1.86 bits per heavy atom. The van der Waals surface area contributed by atoms with Crippen LogP contribution in [-0.2, 0) is 25.7 Å². The second kappa shape index (κ2) is 8.90. The van der Waals surface area contributed by atoms with Gasteiger partial charge in [0, 0.05) is 5.69 Å². The number of anilines is 1. The molecule has 8 nitrogen and oxygen atoms in total. The van der Waals surface area contributed by atoms with E-state index in [9.17, 15) is 14.4 Å². The molecule has 0 unspecified atom stereocenters. The number of hydrogen-bond acceptors (Lipinski definition) is 6. The molecule has 2 aromatic rings. The van der Waals surface area contributed by atoms with Crippen LogP contribution < -0.4 is 10.1 Å². The van der Waals surface area contributed by atoms with Gasteiger partial charge in [0.1, 0.15) is 18.4 Å². The molecule has 28 heavy (non-hydrogen) atoms. The summed E-state index contributed by atoms with van der Waals surface area (Å²) in [5.74, 6) is -0.402. The summed E-state index contributed by atoms with van der Waals surface area (Å²) in [4.78, 5) is 37.7. The Bertz CT molecular complexity index is 838. The van der Waals surface area contributed by atoms with Crippen LogP contribution in [0.4, 0.5) is 10.5 Å². The van der Waals surface area contributed by atoms with E-state index in [1.165, 1.54) is 0 Å². The first-order valence-corrected chi connectivity index (χ1v) is 8.64. The molecule has 0 spiro atoms. The normalized spacial score (nSPS) is 15.7. The third kappa shape index (κ3) is 4.79. The summed E-state index contributed by atoms with van der Waals surface area (Å²) in [6, 6.07) is 14.9. The number of nitrogens with zero attached hydrogens (tertiary/aromatic N) is 1. The maximum Gasteiger partial charge on any atom is 0.413 e. The molecule has 0 saturated carbocycles. The van der Waals surface area contributed by atoms with Crippen molar-refractivity contribution >= 4 is 23.7 Å². The lowest BCUT2D eigenvalue weighted by Crippen LogP contribution is -2.40. The number of nitrogens with one attached hydrogen (secondary N) is 1. The average Bonchev–Trinajstić information content (AvgIpc) is 3.08. The highest BCUT2D eigenvalue weighted by atomic mass is 16.6. The zero-order valence-electron chi connectivity index (χ0n) is 15.3. The van der Waals surface area contributed by atoms with Crippen LogP contribution in [0.2, 0.25) is 0 Å². The fourth-order valence-electron chi connectivity index (χ4n) is 2.68. The van der Waals surface area contributed by atoms with Gasteiger partial charge in [0.15, 0.2) is 6.73 Å². The smallest absolute Gasteiger partial charge is 0.413 e. The summed E-state index contributed by atoms with van der Waals surface area (Å²) >= 11 is 0. The van der Waals surface area contributed by atoms with Gasteiger partial charge in [0.05, 0.1) is 13.5 Å². The lowest BCUT2D eigenvalue weighted by atomic mass is 10.2. The zero-order valence-corrected chi connectivity index (χ0v) is 15.3. The molecule has 0 aliphatic carbocycles. The molecule has 2 amide bonds. The van der Waals surface area contributed by atoms with Crippen LogP contribution in [0, 0.1) is 0 Å². The largest absolute Gasteiger partial charge is 0.497 e. The van der Waals surface area contributed by atoms with E-state index in [-0.39, 0.29) is 19.8 Å². The molecule has 8 heteroatoms. The van der Waals surface area contributed by atoms with Crippen molar-refractivity contribution < 1.29 is 28.6 Å². The molecule has 1 aliphatic rings. The van der Waals surface area contributed by atoms with E-state index >= 15 is 0 Å². The van der Waals surface area contributed by atoms with Gasteiger partial charge in [0.25, 0.3) is 0 Å². The monoisotopic (exact) mass is 384 g/mol. The molecule has 0 aromatic heterocycles. The van der Waals surface area contributed by atoms with Crippen LogP contribution >= 0.6 is 0 Å². The molecular weight excluding hydrogens is 364 g/mol. The standard InChI is InChI=1S/C20H20N2O6/c1-26-16-9-7-15(8-10-16)21-18(23)11-17-19(24)28-13-22(17)20(25)27-12-14-5-3-2-4-6-14/h2-10,17H,11-13H2,1H3,(H,21,23)/t17-/m0/s1. The second-order valence-electron chi connectivity index (χ2n) is 6.10. The van der Waals surface area contributed by atoms with Crippen molar-refractivity contribution in [1.29, 1.82) is 0 Å². The average molecular weight is 384 g/mol. The number of cyclic esters (lactones) is 1. The van der Waals surface area contributed by atoms with Crippen LogP contribution in [0.3, 0.4) is 0 Å². The van der Waals surface area contributed by atoms with Crippen molar-refractivity contribution in [3.8, 4) is 5.75 Å². The second-order valence-corrected chi connectivity index (χ2v) is 6.10. The maximum atomic E-state index is 12.3. The van der Waals surface area contributed by atoms with E-state index in [2.05, 4.69) is 5.32 Å². The number of benzene rings is 2. The summed E-state index contributed by atoms with van der Waals surface area (Å²) in [5, 5.41) is 2.68. The van der Waals surface area contributed by atoms with Gasteiger partial charge in [-0.15, -0.1) is 0 Å². The minimum atomic E-state index is -1.03. The lowest BCUT2D eigenvalue weighted by molar-refractivity contribution is -0.140. The minimum absolute atomic E-state index is 0.0646. The van der Waals surface area contributed by atoms with Crippen molar-refractivity contribution in [1.82, 2.24) is 4.90 Å². The first-order valence-electron chi connectivity index (χ1n) is 8.64. The number of amides is 2. The van der Waals surface area contributed by atoms with Crippen LogP contribution in [0.1, 0.15) is 12.0 Å². The number of carbonyl (C=O) groups is 3. The Balaban J connectivity index is 1.56. The Kier molecular flexibility index (Phi) is 6.11. The molecule has 0 bridgehead atoms. The van der Waals surface area contributed by atoms with Crippen molar-refractivity contribution in [3.05, 3.63) is 60.2 Å². The highest BCUT2D eigenvalue weighted by Crippen LogP contribution is 2.19. The third-order valence-electron chi connectivity index (χ3n) is 4.19. The first kappa shape index (κ1) is 19.2. The third-order valence-corrected chi connectivity index (χ3v) is 4.19. The first-order chi connectivity index (χ1) is 13.6. The Morgan fingerprint density at radius 3 is 2.54 bits per heavy atom. The van der Waals surface area contributed by atoms with Crippen molar-refractivity contribution in [2.75, 3.05) is 19.2 Å². The van der Waals surface area contributed by atoms with E-state index in [0.29, 0.717) is 11.4 Å². The number of esters is 1. The van der Waals surface area contributed by atoms with Crippen LogP contribution in [0.15, 0.2) is 54.6 Å². The van der Waals surface area contributed by atoms with E-state index in [4.69, 9.17) is 14.2 Å². The number of hydrogen-bond donors (Lipinski definition) is 1. The quantitative estimate of drug-likeness (QED) is 0.770. The SMILES string of the molecule is COc1ccc(NC(=O)C[C@H]2C(=O)OCN2C(=O)OCc2ccccc2)cc1. The zero-order chi connectivity index (χ0) is 19.9. The van der Waals surface area contributed by atoms with Gasteiger partial charge in [-0.1, -0.05) is 30.3 Å². The van der Waals surface area contributed by atoms with Crippen molar-refractivity contribution in [2.24, 2.45) is 0 Å². The van der Waals surface area contributed by atoms with Gasteiger partial charge in [-0.05, 0) is 29.8 Å². The molecule has 0 radical (unpaired) electrons. The predicted molar refractivity (Wildman–Crippen MR) is 99.5 cm³/mol. The van der Waals surface area contributed by atoms with Gasteiger partial charge >= 0.3 is 12.1 Å². The molecular formula is C20H20N2O6. The summed E-state index contributed by atoms with van der Waals surface area (Å²) < 4.78 is 15.2. The topological polar surface area (TPSA) is 94.2 Å². The number of carbonyl (C=O) groups excluding carboxylic acids is 3. The highest BCUT2D eigenvalue weighted by molar-refractivity contribution is 5.96. The Hall–Kier alpha value is -3.55. The number of ether oxygens (including phenoxy) is 3. The van der Waals surface area contributed by atoms with Crippen molar-refractivity contribution in [3.63, 3.8) is 0 Å². The molecule has 3 rings (SSSR count). The fraction of sp³-hybridized carbons (Fsp3) is 0.250. The minimum Gasteiger partial charge on any atom is -0.497 e. The molecule has 1 atom stereocenters. The van der Waals surface area contributed by atoms with E-state index in [1.54, 1.807) is 31.4 Å². The fourth-order valence-corrected chi connectivity index (χ4v) is 2.68. The number of rotatable bonds is 6. The summed E-state index contributed by atoms with van der Waals surface area (Å²) in [5.41, 5.74) is 1.37. The summed E-state index contributed by atoms with van der Waals surface area (Å²) in [6.45, 7) is -0.179. The van der Waals surface area contributed by atoms with Crippen molar-refractivity contribution in [2.45, 2.75) is 19.1 Å². The van der Waals surface area contributed by atoms with Crippen LogP contribution in [0.5, 0.6) is 5.75 Å². The molecule has 2 aromatic carbocycles. The van der Waals surface area contributed by atoms with Gasteiger partial charge in [-0.3, -0.25) is 9.69 Å². The van der Waals surface area contributed by atoms with E-state index in [0.717, 1.165) is 10.5 Å². The maximum absolute atomic E-state index is 12.3. The predicted octanol–water partition coefficient (Wildman–Crippen LogP) is 2.55. The molecule has 1 N–H and O–H groups in total. The molecule has 1 heterocycles. The van der Waals surface area contributed by atoms with Gasteiger partial charge in [-0.25, -0.2) is 9.59 Å². The van der Waals surface area contributed by atoms with Crippen LogP contribution in [-0.4, -0.2) is 42.8 Å². The van der Waals surface area contributed by atoms with Gasteiger partial charge in [-0.2, -0.15) is 0 Å². The Labute approximate surface area is 162 Å². The van der Waals surface area contributed by atoms with Gasteiger partial charge in [0.2, 0.25) is 5.91 Å². The molecule has 1 fully saturated rings. The highest BCUT2D eigenvalue weighted by Gasteiger charge is 2.40. The lowest BCUT2D eigenvalue weighted by Gasteiger charge is -2.19. The number of methoxy groups -OCH3 is 1. The molecule has 1 saturated heterocycles. The van der Waals surface area contributed by atoms with Crippen LogP contribution in [0.25, 0.3) is 0 Å². The van der Waals surface area contributed by atoms with E-state index < -0.39 is 24.0 Å². The summed E-state index contributed by atoms with van der Waals surface area (Å²) in [6.07, 6.45) is -0.942. The molecule has 146 valence electrons. The van der Waals surface area contributed by atoms with E-state index in [1.807, 2.05) is 30.3 Å². The Morgan fingerprint density at radius 1 is 1.14 bits per heavy atom. The van der Waals surface area contributed by atoms with Gasteiger partial charge < -0.3 is 19.5 Å².